The molecule has 0 unspecified atom stereocenters. The molecule has 0 amide bonds. The molecule has 2 aromatic heterocycles. The zero-order valence-electron chi connectivity index (χ0n) is 15.8. The molecule has 3 aromatic rings. The van der Waals surface area contributed by atoms with Gasteiger partial charge in [0.15, 0.2) is 5.82 Å². The van der Waals surface area contributed by atoms with Crippen LogP contribution in [0.15, 0.2) is 40.6 Å². The predicted octanol–water partition coefficient (Wildman–Crippen LogP) is 3.20. The number of imidazole rings is 1. The van der Waals surface area contributed by atoms with Gasteiger partial charge in [0.25, 0.3) is 5.69 Å². The van der Waals surface area contributed by atoms with E-state index in [4.69, 9.17) is 0 Å². The van der Waals surface area contributed by atoms with Gasteiger partial charge in [-0.2, -0.15) is 0 Å². The Morgan fingerprint density at radius 2 is 2.07 bits per heavy atom. The van der Waals surface area contributed by atoms with Crippen molar-refractivity contribution in [2.75, 3.05) is 0 Å². The van der Waals surface area contributed by atoms with Crippen LogP contribution in [0.3, 0.4) is 0 Å². The molecular formula is C18H19N7O3S. The third kappa shape index (κ3) is 3.90. The second-order valence-corrected chi connectivity index (χ2v) is 7.94. The van der Waals surface area contributed by atoms with Crippen molar-refractivity contribution in [2.45, 2.75) is 48.2 Å². The van der Waals surface area contributed by atoms with Crippen molar-refractivity contribution in [3.8, 4) is 0 Å². The molecule has 1 aliphatic carbocycles. The van der Waals surface area contributed by atoms with Crippen LogP contribution in [-0.2, 0) is 7.05 Å². The Hall–Kier alpha value is -3.08. The molecule has 11 heteroatoms. The topological polar surface area (TPSA) is 122 Å². The van der Waals surface area contributed by atoms with Crippen LogP contribution < -0.4 is 0 Å². The van der Waals surface area contributed by atoms with Crippen molar-refractivity contribution >= 4 is 23.2 Å². The first-order valence-electron chi connectivity index (χ1n) is 9.31. The van der Waals surface area contributed by atoms with Gasteiger partial charge in [0.05, 0.1) is 15.9 Å². The Morgan fingerprint density at radius 3 is 2.76 bits per heavy atom. The fourth-order valence-electron chi connectivity index (χ4n) is 3.51. The molecule has 2 heterocycles. The van der Waals surface area contributed by atoms with Crippen molar-refractivity contribution in [3.63, 3.8) is 0 Å². The van der Waals surface area contributed by atoms with Gasteiger partial charge >= 0.3 is 0 Å². The van der Waals surface area contributed by atoms with Crippen molar-refractivity contribution in [1.29, 1.82) is 0 Å². The minimum Gasteiger partial charge on any atom is -0.331 e. The highest BCUT2D eigenvalue weighted by molar-refractivity contribution is 7.99. The largest absolute Gasteiger partial charge is 0.331 e. The number of hydrogen-bond donors (Lipinski definition) is 0. The summed E-state index contributed by atoms with van der Waals surface area (Å²) in [5.74, 6) is -0.148. The van der Waals surface area contributed by atoms with Crippen LogP contribution in [0.4, 0.5) is 5.69 Å². The van der Waals surface area contributed by atoms with E-state index in [9.17, 15) is 14.9 Å². The number of benzene rings is 1. The van der Waals surface area contributed by atoms with Gasteiger partial charge in [-0.3, -0.25) is 14.9 Å². The molecule has 4 rings (SSSR count). The number of nitro benzene ring substituents is 1. The molecule has 150 valence electrons. The first-order valence-corrected chi connectivity index (χ1v) is 10.1. The van der Waals surface area contributed by atoms with Crippen molar-refractivity contribution in [2.24, 2.45) is 7.05 Å². The second kappa shape index (κ2) is 8.11. The van der Waals surface area contributed by atoms with E-state index < -0.39 is 4.92 Å². The third-order valence-corrected chi connectivity index (χ3v) is 6.04. The van der Waals surface area contributed by atoms with Crippen LogP contribution in [-0.4, -0.2) is 40.5 Å². The molecule has 1 aromatic carbocycles. The third-order valence-electron chi connectivity index (χ3n) is 5.03. The molecule has 1 aliphatic rings. The highest BCUT2D eigenvalue weighted by atomic mass is 32.2. The number of nitrogens with zero attached hydrogens (tertiary/aromatic N) is 7. The Balaban J connectivity index is 1.63. The van der Waals surface area contributed by atoms with Crippen molar-refractivity contribution in [3.05, 3.63) is 52.1 Å². The van der Waals surface area contributed by atoms with Crippen LogP contribution in [0.1, 0.15) is 54.3 Å². The van der Waals surface area contributed by atoms with Crippen LogP contribution in [0.25, 0.3) is 0 Å². The summed E-state index contributed by atoms with van der Waals surface area (Å²) in [6.45, 7) is 0. The maximum absolute atomic E-state index is 12.6. The van der Waals surface area contributed by atoms with E-state index in [1.165, 1.54) is 18.7 Å². The lowest BCUT2D eigenvalue weighted by molar-refractivity contribution is -0.387. The van der Waals surface area contributed by atoms with Crippen LogP contribution in [0, 0.1) is 10.1 Å². The Kier molecular flexibility index (Phi) is 5.38. The highest BCUT2D eigenvalue weighted by Crippen LogP contribution is 2.37. The van der Waals surface area contributed by atoms with Crippen LogP contribution >= 0.6 is 11.8 Å². The SMILES string of the molecule is Cn1ccnc1C(=O)c1ccc(Sc2nnnn2C2CCCCC2)c([N+](=O)[O-])c1. The predicted molar refractivity (Wildman–Crippen MR) is 104 cm³/mol. The first kappa shape index (κ1) is 19.2. The average molecular weight is 413 g/mol. The average Bonchev–Trinajstić information content (AvgIpc) is 3.37. The molecule has 0 atom stereocenters. The quantitative estimate of drug-likeness (QED) is 0.343. The maximum Gasteiger partial charge on any atom is 0.284 e. The Bertz CT molecular complexity index is 1060. The summed E-state index contributed by atoms with van der Waals surface area (Å²) >= 11 is 1.14. The van der Waals surface area contributed by atoms with Gasteiger partial charge in [0, 0.05) is 31.1 Å². The molecule has 0 saturated heterocycles. The van der Waals surface area contributed by atoms with Gasteiger partial charge in [-0.05, 0) is 47.2 Å². The minimum absolute atomic E-state index is 0.159. The molecule has 0 aliphatic heterocycles. The summed E-state index contributed by atoms with van der Waals surface area (Å²) in [7, 11) is 1.70. The molecule has 0 bridgehead atoms. The lowest BCUT2D eigenvalue weighted by Gasteiger charge is -2.21. The number of ketones is 1. The zero-order chi connectivity index (χ0) is 20.4. The highest BCUT2D eigenvalue weighted by Gasteiger charge is 2.25. The summed E-state index contributed by atoms with van der Waals surface area (Å²) in [6.07, 6.45) is 8.61. The molecule has 0 N–H and O–H groups in total. The van der Waals surface area contributed by atoms with Crippen molar-refractivity contribution in [1.82, 2.24) is 29.8 Å². The number of rotatable bonds is 6. The second-order valence-electron chi connectivity index (χ2n) is 6.93. The van der Waals surface area contributed by atoms with E-state index in [1.807, 2.05) is 0 Å². The molecule has 0 spiro atoms. The maximum atomic E-state index is 12.6. The van der Waals surface area contributed by atoms with E-state index in [0.717, 1.165) is 37.4 Å². The van der Waals surface area contributed by atoms with E-state index >= 15 is 0 Å². The smallest absolute Gasteiger partial charge is 0.284 e. The lowest BCUT2D eigenvalue weighted by Crippen LogP contribution is -2.15. The lowest BCUT2D eigenvalue weighted by atomic mass is 9.96. The summed E-state index contributed by atoms with van der Waals surface area (Å²) in [6, 6.07) is 4.64. The number of carbonyl (C=O) groups is 1. The van der Waals surface area contributed by atoms with Gasteiger partial charge in [-0.25, -0.2) is 9.67 Å². The molecule has 10 nitrogen and oxygen atoms in total. The van der Waals surface area contributed by atoms with Crippen molar-refractivity contribution < 1.29 is 9.72 Å². The van der Waals surface area contributed by atoms with E-state index in [-0.39, 0.29) is 28.9 Å². The summed E-state index contributed by atoms with van der Waals surface area (Å²) in [4.78, 5) is 28.2. The van der Waals surface area contributed by atoms with Crippen LogP contribution in [0.5, 0.6) is 0 Å². The molecular weight excluding hydrogens is 394 g/mol. The standard InChI is InChI=1S/C18H19N7O3S/c1-23-10-9-19-17(23)16(26)12-7-8-15(14(11-12)25(27)28)29-18-20-21-22-24(18)13-5-3-2-4-6-13/h7-11,13H,2-6H2,1H3. The van der Waals surface area contributed by atoms with Gasteiger partial charge < -0.3 is 4.57 Å². The molecule has 29 heavy (non-hydrogen) atoms. The number of aryl methyl sites for hydroxylation is 1. The number of carbonyl (C=O) groups excluding carboxylic acids is 1. The number of tetrazole rings is 1. The number of hydrogen-bond acceptors (Lipinski definition) is 8. The van der Waals surface area contributed by atoms with Crippen LogP contribution in [0.2, 0.25) is 0 Å². The Morgan fingerprint density at radius 1 is 1.28 bits per heavy atom. The monoisotopic (exact) mass is 413 g/mol. The molecule has 0 radical (unpaired) electrons. The molecule has 1 saturated carbocycles. The minimum atomic E-state index is -0.494. The van der Waals surface area contributed by atoms with Gasteiger partial charge in [-0.15, -0.1) is 5.10 Å². The van der Waals surface area contributed by atoms with Gasteiger partial charge in [0.1, 0.15) is 0 Å². The zero-order valence-corrected chi connectivity index (χ0v) is 16.6. The fraction of sp³-hybridized carbons (Fsp3) is 0.389. The van der Waals surface area contributed by atoms with E-state index in [1.54, 1.807) is 34.6 Å². The fourth-order valence-corrected chi connectivity index (χ4v) is 4.43. The number of aromatic nitrogens is 6. The summed E-state index contributed by atoms with van der Waals surface area (Å²) < 4.78 is 3.34. The van der Waals surface area contributed by atoms with Gasteiger partial charge in [0.2, 0.25) is 10.9 Å². The summed E-state index contributed by atoms with van der Waals surface area (Å²) in [5, 5.41) is 24.1. The Labute approximate surface area is 170 Å². The first-order chi connectivity index (χ1) is 14.0. The molecule has 1 fully saturated rings. The normalized spacial score (nSPS) is 14.8. The number of nitro groups is 1. The van der Waals surface area contributed by atoms with E-state index in [2.05, 4.69) is 20.5 Å². The van der Waals surface area contributed by atoms with Gasteiger partial charge in [-0.1, -0.05) is 19.3 Å². The summed E-state index contributed by atoms with van der Waals surface area (Å²) in [5.41, 5.74) is 0.0514. The van der Waals surface area contributed by atoms with E-state index in [0.29, 0.717) is 10.1 Å².